The smallest absolute Gasteiger partial charge is 0.124 e. The lowest BCUT2D eigenvalue weighted by Crippen LogP contribution is -2.37. The molecule has 0 radical (unpaired) electrons. The molecule has 4 nitrogen and oxygen atoms in total. The number of hydrogen-bond acceptors (Lipinski definition) is 4. The van der Waals surface area contributed by atoms with Crippen LogP contribution in [0.1, 0.15) is 22.8 Å². The summed E-state index contributed by atoms with van der Waals surface area (Å²) in [6, 6.07) is 18.1. The molecule has 2 aromatic rings. The van der Waals surface area contributed by atoms with Crippen LogP contribution in [0, 0.1) is 11.3 Å². The Labute approximate surface area is 136 Å². The van der Waals surface area contributed by atoms with E-state index in [1.165, 1.54) is 5.56 Å². The molecule has 3 rings (SSSR count). The number of benzene rings is 2. The quantitative estimate of drug-likeness (QED) is 0.870. The van der Waals surface area contributed by atoms with Crippen LogP contribution >= 0.6 is 0 Å². The van der Waals surface area contributed by atoms with Gasteiger partial charge in [-0.1, -0.05) is 30.3 Å². The highest BCUT2D eigenvalue weighted by molar-refractivity contribution is 5.43. The van der Waals surface area contributed by atoms with Crippen LogP contribution < -0.4 is 4.74 Å². The van der Waals surface area contributed by atoms with Crippen LogP contribution in [0.5, 0.6) is 5.75 Å². The maximum absolute atomic E-state index is 9.13. The summed E-state index contributed by atoms with van der Waals surface area (Å²) in [6.07, 6.45) is -0.0734. The van der Waals surface area contributed by atoms with Gasteiger partial charge in [-0.25, -0.2) is 0 Å². The Balaban J connectivity index is 1.77. The van der Waals surface area contributed by atoms with Gasteiger partial charge in [0.25, 0.3) is 0 Å². The van der Waals surface area contributed by atoms with E-state index in [1.54, 1.807) is 13.2 Å². The SMILES string of the molecule is COc1ccc(C#N)cc1C1CN(Cc2ccccc2)CCO1. The maximum Gasteiger partial charge on any atom is 0.124 e. The minimum Gasteiger partial charge on any atom is -0.496 e. The summed E-state index contributed by atoms with van der Waals surface area (Å²) in [7, 11) is 1.65. The van der Waals surface area contributed by atoms with Gasteiger partial charge in [-0.05, 0) is 23.8 Å². The fraction of sp³-hybridized carbons (Fsp3) is 0.316. The molecule has 1 aliphatic heterocycles. The molecule has 1 aliphatic rings. The third kappa shape index (κ3) is 3.70. The van der Waals surface area contributed by atoms with Crippen molar-refractivity contribution < 1.29 is 9.47 Å². The molecule has 1 saturated heterocycles. The lowest BCUT2D eigenvalue weighted by atomic mass is 10.0. The van der Waals surface area contributed by atoms with Crippen LogP contribution in [-0.2, 0) is 11.3 Å². The fourth-order valence-electron chi connectivity index (χ4n) is 2.93. The molecule has 1 atom stereocenters. The van der Waals surface area contributed by atoms with Crippen molar-refractivity contribution in [2.24, 2.45) is 0 Å². The molecule has 0 amide bonds. The van der Waals surface area contributed by atoms with Gasteiger partial charge in [-0.15, -0.1) is 0 Å². The Kier molecular flexibility index (Phi) is 4.92. The molecule has 0 saturated carbocycles. The summed E-state index contributed by atoms with van der Waals surface area (Å²) in [5.74, 6) is 0.774. The van der Waals surface area contributed by atoms with Gasteiger partial charge in [-0.2, -0.15) is 5.26 Å². The summed E-state index contributed by atoms with van der Waals surface area (Å²) in [5, 5.41) is 9.13. The monoisotopic (exact) mass is 308 g/mol. The molecular weight excluding hydrogens is 288 g/mol. The van der Waals surface area contributed by atoms with Crippen molar-refractivity contribution in [2.45, 2.75) is 12.6 Å². The standard InChI is InChI=1S/C19H20N2O2/c1-22-18-8-7-16(12-20)11-17(18)19-14-21(9-10-23-19)13-15-5-3-2-4-6-15/h2-8,11,19H,9-10,13-14H2,1H3. The first kappa shape index (κ1) is 15.5. The first-order valence-electron chi connectivity index (χ1n) is 7.76. The van der Waals surface area contributed by atoms with Gasteiger partial charge in [0.2, 0.25) is 0 Å². The van der Waals surface area contributed by atoms with Crippen molar-refractivity contribution in [3.8, 4) is 11.8 Å². The van der Waals surface area contributed by atoms with Crippen molar-refractivity contribution in [1.29, 1.82) is 5.26 Å². The van der Waals surface area contributed by atoms with Crippen molar-refractivity contribution in [3.05, 3.63) is 65.2 Å². The fourth-order valence-corrected chi connectivity index (χ4v) is 2.93. The Hall–Kier alpha value is -2.35. The largest absolute Gasteiger partial charge is 0.496 e. The maximum atomic E-state index is 9.13. The summed E-state index contributed by atoms with van der Waals surface area (Å²) < 4.78 is 11.4. The van der Waals surface area contributed by atoms with Gasteiger partial charge in [0, 0.05) is 25.2 Å². The summed E-state index contributed by atoms with van der Waals surface area (Å²) >= 11 is 0. The zero-order chi connectivity index (χ0) is 16.1. The minimum atomic E-state index is -0.0734. The number of rotatable bonds is 4. The molecule has 0 bridgehead atoms. The molecule has 0 aliphatic carbocycles. The van der Waals surface area contributed by atoms with Crippen LogP contribution in [-0.4, -0.2) is 31.7 Å². The van der Waals surface area contributed by atoms with E-state index in [9.17, 15) is 0 Å². The molecule has 0 aromatic heterocycles. The zero-order valence-electron chi connectivity index (χ0n) is 13.2. The minimum absolute atomic E-state index is 0.0734. The van der Waals surface area contributed by atoms with E-state index in [4.69, 9.17) is 14.7 Å². The van der Waals surface area contributed by atoms with E-state index >= 15 is 0 Å². The van der Waals surface area contributed by atoms with Crippen LogP contribution in [0.25, 0.3) is 0 Å². The molecule has 1 heterocycles. The predicted molar refractivity (Wildman–Crippen MR) is 88.1 cm³/mol. The van der Waals surface area contributed by atoms with Gasteiger partial charge in [0.05, 0.1) is 31.5 Å². The average molecular weight is 308 g/mol. The highest BCUT2D eigenvalue weighted by atomic mass is 16.5. The van der Waals surface area contributed by atoms with Crippen LogP contribution in [0.4, 0.5) is 0 Å². The van der Waals surface area contributed by atoms with Gasteiger partial charge in [-0.3, -0.25) is 4.90 Å². The second-order valence-corrected chi connectivity index (χ2v) is 5.65. The number of hydrogen-bond donors (Lipinski definition) is 0. The number of ether oxygens (including phenoxy) is 2. The molecule has 118 valence electrons. The van der Waals surface area contributed by atoms with E-state index in [-0.39, 0.29) is 6.10 Å². The van der Waals surface area contributed by atoms with E-state index in [1.807, 2.05) is 18.2 Å². The normalized spacial score (nSPS) is 18.3. The zero-order valence-corrected chi connectivity index (χ0v) is 13.2. The summed E-state index contributed by atoms with van der Waals surface area (Å²) in [4.78, 5) is 2.38. The number of morpholine rings is 1. The second-order valence-electron chi connectivity index (χ2n) is 5.65. The van der Waals surface area contributed by atoms with Crippen molar-refractivity contribution in [2.75, 3.05) is 26.8 Å². The molecular formula is C19H20N2O2. The highest BCUT2D eigenvalue weighted by Gasteiger charge is 2.25. The molecule has 1 fully saturated rings. The van der Waals surface area contributed by atoms with Crippen molar-refractivity contribution >= 4 is 0 Å². The Bertz CT molecular complexity index is 694. The highest BCUT2D eigenvalue weighted by Crippen LogP contribution is 2.31. The third-order valence-electron chi connectivity index (χ3n) is 4.11. The average Bonchev–Trinajstić information content (AvgIpc) is 2.62. The van der Waals surface area contributed by atoms with Crippen LogP contribution in [0.2, 0.25) is 0 Å². The van der Waals surface area contributed by atoms with Gasteiger partial charge < -0.3 is 9.47 Å². The van der Waals surface area contributed by atoms with Gasteiger partial charge >= 0.3 is 0 Å². The van der Waals surface area contributed by atoms with Gasteiger partial charge in [0.15, 0.2) is 0 Å². The lowest BCUT2D eigenvalue weighted by Gasteiger charge is -2.33. The van der Waals surface area contributed by atoms with E-state index in [2.05, 4.69) is 35.2 Å². The first-order chi connectivity index (χ1) is 11.3. The number of nitriles is 1. The molecule has 0 N–H and O–H groups in total. The molecule has 2 aromatic carbocycles. The first-order valence-corrected chi connectivity index (χ1v) is 7.76. The van der Waals surface area contributed by atoms with E-state index in [0.29, 0.717) is 12.2 Å². The molecule has 4 heteroatoms. The Morgan fingerprint density at radius 1 is 1.26 bits per heavy atom. The third-order valence-corrected chi connectivity index (χ3v) is 4.11. The molecule has 0 spiro atoms. The molecule has 1 unspecified atom stereocenters. The molecule has 23 heavy (non-hydrogen) atoms. The van der Waals surface area contributed by atoms with Crippen molar-refractivity contribution in [3.63, 3.8) is 0 Å². The number of nitrogens with zero attached hydrogens (tertiary/aromatic N) is 2. The topological polar surface area (TPSA) is 45.5 Å². The van der Waals surface area contributed by atoms with Crippen molar-refractivity contribution in [1.82, 2.24) is 4.90 Å². The van der Waals surface area contributed by atoms with Crippen LogP contribution in [0.15, 0.2) is 48.5 Å². The predicted octanol–water partition coefficient (Wildman–Crippen LogP) is 3.14. The number of methoxy groups -OCH3 is 1. The second kappa shape index (κ2) is 7.28. The summed E-state index contributed by atoms with van der Waals surface area (Å²) in [6.45, 7) is 3.28. The Morgan fingerprint density at radius 3 is 2.83 bits per heavy atom. The van der Waals surface area contributed by atoms with Crippen LogP contribution in [0.3, 0.4) is 0 Å². The summed E-state index contributed by atoms with van der Waals surface area (Å²) in [5.41, 5.74) is 2.87. The lowest BCUT2D eigenvalue weighted by molar-refractivity contribution is -0.0338. The van der Waals surface area contributed by atoms with E-state index < -0.39 is 0 Å². The van der Waals surface area contributed by atoms with E-state index in [0.717, 1.165) is 30.9 Å². The Morgan fingerprint density at radius 2 is 2.09 bits per heavy atom. The van der Waals surface area contributed by atoms with Gasteiger partial charge in [0.1, 0.15) is 5.75 Å².